The molecule has 0 amide bonds. The molecule has 0 unspecified atom stereocenters. The lowest BCUT2D eigenvalue weighted by Crippen LogP contribution is -2.56. The molecule has 19 heavy (non-hydrogen) atoms. The molecule has 1 aliphatic heterocycles. The van der Waals surface area contributed by atoms with Crippen LogP contribution in [0.15, 0.2) is 11.6 Å². The van der Waals surface area contributed by atoms with Crippen molar-refractivity contribution in [1.82, 2.24) is 0 Å². The summed E-state index contributed by atoms with van der Waals surface area (Å²) in [5, 5.41) is 9.87. The molecule has 2 fully saturated rings. The van der Waals surface area contributed by atoms with Crippen molar-refractivity contribution in [3.63, 3.8) is 0 Å². The third-order valence-electron chi connectivity index (χ3n) is 5.89. The smallest absolute Gasteiger partial charge is 0.306 e. The van der Waals surface area contributed by atoms with Crippen LogP contribution < -0.4 is 0 Å². The summed E-state index contributed by atoms with van der Waals surface area (Å²) in [6.07, 6.45) is 2.48. The number of carbonyl (C=O) groups excluding carboxylic acids is 2. The lowest BCUT2D eigenvalue weighted by Gasteiger charge is -2.56. The average Bonchev–Trinajstić information content (AvgIpc) is 2.61. The van der Waals surface area contributed by atoms with Gasteiger partial charge in [0.15, 0.2) is 5.78 Å². The van der Waals surface area contributed by atoms with Crippen molar-refractivity contribution in [2.45, 2.75) is 39.7 Å². The lowest BCUT2D eigenvalue weighted by molar-refractivity contribution is -0.180. The molecule has 1 saturated heterocycles. The predicted octanol–water partition coefficient (Wildman–Crippen LogP) is 1.47. The number of aliphatic hydroxyl groups excluding tert-OH is 1. The summed E-state index contributed by atoms with van der Waals surface area (Å²) in [5.41, 5.74) is 0.0888. The predicted molar refractivity (Wildman–Crippen MR) is 68.2 cm³/mol. The van der Waals surface area contributed by atoms with Crippen LogP contribution in [0.3, 0.4) is 0 Å². The first kappa shape index (κ1) is 12.9. The van der Waals surface area contributed by atoms with Gasteiger partial charge in [-0.05, 0) is 12.5 Å². The third kappa shape index (κ3) is 1.38. The van der Waals surface area contributed by atoms with Gasteiger partial charge in [0.05, 0.1) is 13.0 Å². The van der Waals surface area contributed by atoms with Crippen molar-refractivity contribution in [2.75, 3.05) is 6.61 Å². The zero-order valence-corrected chi connectivity index (χ0v) is 11.6. The Morgan fingerprint density at radius 2 is 2.11 bits per heavy atom. The number of fused-ring (bicyclic) bond motifs is 1. The van der Waals surface area contributed by atoms with Gasteiger partial charge < -0.3 is 9.84 Å². The maximum atomic E-state index is 12.1. The minimum absolute atomic E-state index is 0.0181. The van der Waals surface area contributed by atoms with Crippen LogP contribution in [0.4, 0.5) is 0 Å². The maximum absolute atomic E-state index is 12.1. The molecule has 3 aliphatic rings. The summed E-state index contributed by atoms with van der Waals surface area (Å²) in [6, 6.07) is 0. The van der Waals surface area contributed by atoms with Gasteiger partial charge in [0.2, 0.25) is 0 Å². The number of hydrogen-bond donors (Lipinski definition) is 1. The van der Waals surface area contributed by atoms with Crippen LogP contribution in [0.1, 0.15) is 33.6 Å². The maximum Gasteiger partial charge on any atom is 0.306 e. The van der Waals surface area contributed by atoms with E-state index < -0.39 is 10.8 Å². The molecule has 3 rings (SSSR count). The van der Waals surface area contributed by atoms with Crippen LogP contribution in [0.2, 0.25) is 0 Å². The average molecular weight is 264 g/mol. The van der Waals surface area contributed by atoms with E-state index >= 15 is 0 Å². The molecule has 4 heteroatoms. The minimum Gasteiger partial charge on any atom is -0.462 e. The molecule has 2 bridgehead atoms. The summed E-state index contributed by atoms with van der Waals surface area (Å²) in [4.78, 5) is 24.0. The normalized spacial score (nSPS) is 48.6. The largest absolute Gasteiger partial charge is 0.462 e. The summed E-state index contributed by atoms with van der Waals surface area (Å²) in [6.45, 7) is 5.86. The van der Waals surface area contributed by atoms with E-state index in [1.54, 1.807) is 6.08 Å². The highest BCUT2D eigenvalue weighted by Crippen LogP contribution is 2.63. The van der Waals surface area contributed by atoms with E-state index in [0.29, 0.717) is 6.42 Å². The van der Waals surface area contributed by atoms with E-state index in [0.717, 1.165) is 5.57 Å². The summed E-state index contributed by atoms with van der Waals surface area (Å²) in [7, 11) is 0. The summed E-state index contributed by atoms with van der Waals surface area (Å²) >= 11 is 0. The molecule has 0 aromatic carbocycles. The second-order valence-electron chi connectivity index (χ2n) is 6.61. The number of ketones is 1. The van der Waals surface area contributed by atoms with Crippen molar-refractivity contribution < 1.29 is 19.4 Å². The highest BCUT2D eigenvalue weighted by Gasteiger charge is 2.63. The van der Waals surface area contributed by atoms with Gasteiger partial charge >= 0.3 is 5.97 Å². The molecule has 0 radical (unpaired) electrons. The zero-order chi connectivity index (χ0) is 14.0. The Kier molecular flexibility index (Phi) is 2.50. The van der Waals surface area contributed by atoms with E-state index in [9.17, 15) is 14.7 Å². The standard InChI is InChI=1S/C15H20O4/c1-8-10(17)4-12-14(3,7-16)9(2)11-5-15(8,12)6-13(18)19-11/h4,8-9,11,16H,5-7H2,1-3H3/t8-,9+,11+,14+,15+/m0/s1. The third-order valence-corrected chi connectivity index (χ3v) is 5.89. The van der Waals surface area contributed by atoms with Gasteiger partial charge in [-0.15, -0.1) is 0 Å². The molecule has 5 atom stereocenters. The van der Waals surface area contributed by atoms with E-state index in [-0.39, 0.29) is 42.7 Å². The summed E-state index contributed by atoms with van der Waals surface area (Å²) in [5.74, 6) is -0.289. The molecule has 1 heterocycles. The number of allylic oxidation sites excluding steroid dienone is 1. The molecule has 2 aliphatic carbocycles. The van der Waals surface area contributed by atoms with Crippen molar-refractivity contribution in [1.29, 1.82) is 0 Å². The summed E-state index contributed by atoms with van der Waals surface area (Å²) < 4.78 is 5.46. The van der Waals surface area contributed by atoms with Gasteiger partial charge in [-0.1, -0.05) is 26.3 Å². The molecular weight excluding hydrogens is 244 g/mol. The first-order valence-corrected chi connectivity index (χ1v) is 6.92. The molecule has 4 nitrogen and oxygen atoms in total. The quantitative estimate of drug-likeness (QED) is 0.728. The van der Waals surface area contributed by atoms with Crippen LogP contribution in [0.5, 0.6) is 0 Å². The molecule has 1 saturated carbocycles. The molecule has 1 N–H and O–H groups in total. The highest BCUT2D eigenvalue weighted by molar-refractivity contribution is 5.98. The van der Waals surface area contributed by atoms with Crippen LogP contribution in [0, 0.1) is 22.7 Å². The molecular formula is C15H20O4. The number of aliphatic hydroxyl groups is 1. The van der Waals surface area contributed by atoms with Crippen LogP contribution in [-0.2, 0) is 14.3 Å². The monoisotopic (exact) mass is 264 g/mol. The molecule has 0 aromatic heterocycles. The first-order chi connectivity index (χ1) is 8.85. The van der Waals surface area contributed by atoms with Gasteiger partial charge in [-0.3, -0.25) is 9.59 Å². The number of hydrogen-bond acceptors (Lipinski definition) is 4. The van der Waals surface area contributed by atoms with E-state index in [4.69, 9.17) is 4.74 Å². The Hall–Kier alpha value is -1.16. The van der Waals surface area contributed by atoms with Gasteiger partial charge in [0, 0.05) is 22.7 Å². The SMILES string of the molecule is C[C@@H]1[C@H]2C[C@]3(CC(=O)O2)C(=CC(=O)[C@@H]3C)[C@]1(C)CO. The topological polar surface area (TPSA) is 63.6 Å². The van der Waals surface area contributed by atoms with E-state index in [1.807, 2.05) is 20.8 Å². The fourth-order valence-corrected chi connectivity index (χ4v) is 4.29. The Morgan fingerprint density at radius 3 is 2.74 bits per heavy atom. The van der Waals surface area contributed by atoms with Crippen LogP contribution in [0.25, 0.3) is 0 Å². The second-order valence-corrected chi connectivity index (χ2v) is 6.61. The minimum atomic E-state index is -0.468. The number of carbonyl (C=O) groups is 2. The fraction of sp³-hybridized carbons (Fsp3) is 0.733. The number of rotatable bonds is 1. The fourth-order valence-electron chi connectivity index (χ4n) is 4.29. The molecule has 0 aromatic rings. The van der Waals surface area contributed by atoms with Crippen molar-refractivity contribution in [2.24, 2.45) is 22.7 Å². The van der Waals surface area contributed by atoms with Crippen molar-refractivity contribution in [3.8, 4) is 0 Å². The first-order valence-electron chi connectivity index (χ1n) is 6.92. The van der Waals surface area contributed by atoms with E-state index in [1.165, 1.54) is 0 Å². The second kappa shape index (κ2) is 3.69. The Bertz CT molecular complexity index is 494. The van der Waals surface area contributed by atoms with E-state index in [2.05, 4.69) is 0 Å². The van der Waals surface area contributed by atoms with Gasteiger partial charge in [0.25, 0.3) is 0 Å². The molecule has 1 spiro atoms. The number of esters is 1. The zero-order valence-electron chi connectivity index (χ0n) is 11.6. The van der Waals surface area contributed by atoms with Crippen LogP contribution in [-0.4, -0.2) is 29.6 Å². The molecule has 104 valence electrons. The van der Waals surface area contributed by atoms with Crippen molar-refractivity contribution >= 4 is 11.8 Å². The van der Waals surface area contributed by atoms with Gasteiger partial charge in [-0.25, -0.2) is 0 Å². The van der Waals surface area contributed by atoms with Gasteiger partial charge in [0.1, 0.15) is 6.10 Å². The Labute approximate surface area is 112 Å². The van der Waals surface area contributed by atoms with Crippen LogP contribution >= 0.6 is 0 Å². The lowest BCUT2D eigenvalue weighted by atomic mass is 9.51. The van der Waals surface area contributed by atoms with Crippen molar-refractivity contribution in [3.05, 3.63) is 11.6 Å². The Balaban J connectivity index is 2.19. The highest BCUT2D eigenvalue weighted by atomic mass is 16.5. The number of ether oxygens (including phenoxy) is 1. The van der Waals surface area contributed by atoms with Gasteiger partial charge in [-0.2, -0.15) is 0 Å². The Morgan fingerprint density at radius 1 is 1.42 bits per heavy atom.